The molecule has 0 bridgehead atoms. The Balaban J connectivity index is 2.15. The molecule has 1 aliphatic rings. The Kier molecular flexibility index (Phi) is 8.74. The highest BCUT2D eigenvalue weighted by Crippen LogP contribution is 2.43. The number of hydrogen-bond acceptors (Lipinski definition) is 8. The van der Waals surface area contributed by atoms with Gasteiger partial charge in [-0.15, -0.1) is 11.8 Å². The molecule has 35 heavy (non-hydrogen) atoms. The Labute approximate surface area is 212 Å². The largest absolute Gasteiger partial charge is 0.489 e. The molecule has 0 radical (unpaired) electrons. The van der Waals surface area contributed by atoms with E-state index in [2.05, 4.69) is 11.7 Å². The van der Waals surface area contributed by atoms with Crippen molar-refractivity contribution < 1.29 is 27.8 Å². The van der Waals surface area contributed by atoms with Crippen molar-refractivity contribution in [1.82, 2.24) is 4.31 Å². The predicted molar refractivity (Wildman–Crippen MR) is 138 cm³/mol. The van der Waals surface area contributed by atoms with E-state index in [4.69, 9.17) is 4.74 Å². The number of esters is 1. The summed E-state index contributed by atoms with van der Waals surface area (Å²) in [5.41, 5.74) is -0.414. The molecule has 2 aromatic carbocycles. The molecular weight excluding hydrogens is 488 g/mol. The first-order valence-corrected chi connectivity index (χ1v) is 14.2. The van der Waals surface area contributed by atoms with E-state index in [-0.39, 0.29) is 23.3 Å². The van der Waals surface area contributed by atoms with Crippen LogP contribution < -0.4 is 9.64 Å². The summed E-state index contributed by atoms with van der Waals surface area (Å²) in [4.78, 5) is 14.7. The number of rotatable bonds is 9. The number of anilines is 2. The number of aliphatic hydroxyl groups is 1. The molecule has 1 N–H and O–H groups in total. The van der Waals surface area contributed by atoms with Crippen LogP contribution in [0.15, 0.2) is 52.3 Å². The van der Waals surface area contributed by atoms with Gasteiger partial charge in [0.25, 0.3) is 0 Å². The third-order valence-corrected chi connectivity index (χ3v) is 8.89. The molecule has 0 aliphatic carbocycles. The average molecular weight is 523 g/mol. The van der Waals surface area contributed by atoms with Crippen molar-refractivity contribution in [3.8, 4) is 5.75 Å². The SMILES string of the molecule is CCCCC1CN(c2ccccc2)c2cc(SC)c(OC[C@](C)(O)C(=O)OC)cc2S(=O)(=O)N1C. The van der Waals surface area contributed by atoms with Crippen LogP contribution in [0.5, 0.6) is 5.75 Å². The van der Waals surface area contributed by atoms with E-state index in [1.165, 1.54) is 36.2 Å². The lowest BCUT2D eigenvalue weighted by Gasteiger charge is -2.29. The van der Waals surface area contributed by atoms with Gasteiger partial charge >= 0.3 is 5.97 Å². The van der Waals surface area contributed by atoms with Crippen LogP contribution in [0.4, 0.5) is 11.4 Å². The van der Waals surface area contributed by atoms with Crippen molar-refractivity contribution in [1.29, 1.82) is 0 Å². The molecule has 2 aromatic rings. The lowest BCUT2D eigenvalue weighted by atomic mass is 10.1. The van der Waals surface area contributed by atoms with Gasteiger partial charge < -0.3 is 19.5 Å². The minimum atomic E-state index is -3.85. The lowest BCUT2D eigenvalue weighted by Crippen LogP contribution is -2.42. The van der Waals surface area contributed by atoms with Crippen LogP contribution >= 0.6 is 11.8 Å². The highest BCUT2D eigenvalue weighted by Gasteiger charge is 2.38. The number of likely N-dealkylation sites (N-methyl/N-ethyl adjacent to an activating group) is 1. The second kappa shape index (κ2) is 11.2. The first-order chi connectivity index (χ1) is 16.6. The maximum Gasteiger partial charge on any atom is 0.341 e. The predicted octanol–water partition coefficient (Wildman–Crippen LogP) is 4.04. The number of benzene rings is 2. The minimum absolute atomic E-state index is 0.119. The molecule has 1 heterocycles. The van der Waals surface area contributed by atoms with Crippen molar-refractivity contribution in [2.24, 2.45) is 0 Å². The Morgan fingerprint density at radius 3 is 2.54 bits per heavy atom. The Hall–Kier alpha value is -2.27. The number of unbranched alkanes of at least 4 members (excludes halogenated alkanes) is 1. The Morgan fingerprint density at radius 2 is 1.94 bits per heavy atom. The molecule has 0 saturated heterocycles. The summed E-state index contributed by atoms with van der Waals surface area (Å²) in [6.07, 6.45) is 4.49. The molecular formula is C25H34N2O6S2. The summed E-state index contributed by atoms with van der Waals surface area (Å²) in [7, 11) is -1.05. The van der Waals surface area contributed by atoms with Crippen molar-refractivity contribution in [3.05, 3.63) is 42.5 Å². The molecule has 8 nitrogen and oxygen atoms in total. The van der Waals surface area contributed by atoms with E-state index >= 15 is 0 Å². The van der Waals surface area contributed by atoms with E-state index in [0.29, 0.717) is 17.1 Å². The van der Waals surface area contributed by atoms with Gasteiger partial charge in [-0.2, -0.15) is 4.31 Å². The van der Waals surface area contributed by atoms with Crippen LogP contribution in [0, 0.1) is 0 Å². The number of sulfonamides is 1. The molecule has 1 unspecified atom stereocenters. The normalized spacial score (nSPS) is 19.4. The maximum absolute atomic E-state index is 13.8. The zero-order chi connectivity index (χ0) is 25.8. The van der Waals surface area contributed by atoms with Gasteiger partial charge in [0.2, 0.25) is 10.0 Å². The van der Waals surface area contributed by atoms with Crippen molar-refractivity contribution in [3.63, 3.8) is 0 Å². The summed E-state index contributed by atoms with van der Waals surface area (Å²) in [5.74, 6) is -0.559. The molecule has 0 amide bonds. The van der Waals surface area contributed by atoms with Gasteiger partial charge in [0.15, 0.2) is 5.60 Å². The molecule has 0 aromatic heterocycles. The van der Waals surface area contributed by atoms with Crippen LogP contribution in [-0.4, -0.2) is 69.0 Å². The third kappa shape index (κ3) is 5.77. The number of methoxy groups -OCH3 is 1. The zero-order valence-electron chi connectivity index (χ0n) is 20.9. The number of para-hydroxylation sites is 1. The zero-order valence-corrected chi connectivity index (χ0v) is 22.5. The van der Waals surface area contributed by atoms with Crippen molar-refractivity contribution in [2.45, 2.75) is 54.5 Å². The maximum atomic E-state index is 13.8. The van der Waals surface area contributed by atoms with Gasteiger partial charge in [-0.3, -0.25) is 0 Å². The smallest absolute Gasteiger partial charge is 0.341 e. The fourth-order valence-corrected chi connectivity index (χ4v) is 6.17. The number of thioether (sulfide) groups is 1. The number of carbonyl (C=O) groups is 1. The number of hydrogen-bond donors (Lipinski definition) is 1. The van der Waals surface area contributed by atoms with E-state index in [0.717, 1.165) is 24.9 Å². The second-order valence-electron chi connectivity index (χ2n) is 8.79. The molecule has 3 rings (SSSR count). The Bertz CT molecular complexity index is 1140. The Morgan fingerprint density at radius 1 is 1.26 bits per heavy atom. The van der Waals surface area contributed by atoms with Crippen LogP contribution in [0.1, 0.15) is 33.1 Å². The standard InChI is InChI=1S/C25H34N2O6S2/c1-6-7-11-19-16-27(18-12-9-8-10-13-18)20-14-22(34-5)21(15-23(20)35(30,31)26(19)3)33-17-25(2,29)24(28)32-4/h8-10,12-15,19,29H,6-7,11,16-17H2,1-5H3/t19?,25-/m0/s1. The van der Waals surface area contributed by atoms with Crippen LogP contribution in [0.3, 0.4) is 0 Å². The third-order valence-electron chi connectivity index (χ3n) is 6.19. The molecule has 2 atom stereocenters. The first-order valence-electron chi connectivity index (χ1n) is 11.5. The monoisotopic (exact) mass is 522 g/mol. The molecule has 0 spiro atoms. The number of fused-ring (bicyclic) bond motifs is 1. The highest BCUT2D eigenvalue weighted by atomic mass is 32.2. The van der Waals surface area contributed by atoms with Crippen molar-refractivity contribution in [2.75, 3.05) is 38.5 Å². The topological polar surface area (TPSA) is 96.4 Å². The molecule has 0 fully saturated rings. The quantitative estimate of drug-likeness (QED) is 0.389. The van der Waals surface area contributed by atoms with Crippen molar-refractivity contribution >= 4 is 39.1 Å². The fraction of sp³-hybridized carbons (Fsp3) is 0.480. The first kappa shape index (κ1) is 27.3. The van der Waals surface area contributed by atoms with Gasteiger partial charge in [-0.25, -0.2) is 13.2 Å². The van der Waals surface area contributed by atoms with E-state index in [1.807, 2.05) is 47.6 Å². The highest BCUT2D eigenvalue weighted by molar-refractivity contribution is 7.98. The summed E-state index contributed by atoms with van der Waals surface area (Å²) in [5, 5.41) is 10.4. The van der Waals surface area contributed by atoms with E-state index in [1.54, 1.807) is 7.05 Å². The summed E-state index contributed by atoms with van der Waals surface area (Å²) >= 11 is 1.39. The van der Waals surface area contributed by atoms with Crippen LogP contribution in [0.25, 0.3) is 0 Å². The van der Waals surface area contributed by atoms with Gasteiger partial charge in [0.1, 0.15) is 17.3 Å². The summed E-state index contributed by atoms with van der Waals surface area (Å²) in [6.45, 7) is 3.51. The molecule has 0 saturated carbocycles. The molecule has 10 heteroatoms. The molecule has 1 aliphatic heterocycles. The molecule has 192 valence electrons. The number of ether oxygens (including phenoxy) is 2. The van der Waals surface area contributed by atoms with Gasteiger partial charge in [0, 0.05) is 31.4 Å². The lowest BCUT2D eigenvalue weighted by molar-refractivity contribution is -0.163. The number of carbonyl (C=O) groups excluding carboxylic acids is 1. The van der Waals surface area contributed by atoms with Gasteiger partial charge in [0.05, 0.1) is 17.7 Å². The minimum Gasteiger partial charge on any atom is -0.489 e. The summed E-state index contributed by atoms with van der Waals surface area (Å²) in [6, 6.07) is 12.8. The van der Waals surface area contributed by atoms with Gasteiger partial charge in [-0.05, 0) is 37.8 Å². The second-order valence-corrected chi connectivity index (χ2v) is 11.6. The number of nitrogens with zero attached hydrogens (tertiary/aromatic N) is 2. The van der Waals surface area contributed by atoms with Gasteiger partial charge in [-0.1, -0.05) is 38.0 Å². The van der Waals surface area contributed by atoms with Crippen LogP contribution in [-0.2, 0) is 19.6 Å². The summed E-state index contributed by atoms with van der Waals surface area (Å²) < 4.78 is 39.5. The van der Waals surface area contributed by atoms with E-state index < -0.39 is 21.6 Å². The average Bonchev–Trinajstić information content (AvgIpc) is 2.93. The fourth-order valence-electron chi connectivity index (χ4n) is 4.06. The van der Waals surface area contributed by atoms with Crippen LogP contribution in [0.2, 0.25) is 0 Å². The van der Waals surface area contributed by atoms with E-state index in [9.17, 15) is 18.3 Å².